The van der Waals surface area contributed by atoms with Crippen LogP contribution in [0.4, 0.5) is 10.5 Å². The van der Waals surface area contributed by atoms with E-state index >= 15 is 0 Å². The van der Waals surface area contributed by atoms with Gasteiger partial charge in [0.25, 0.3) is 0 Å². The van der Waals surface area contributed by atoms with Crippen LogP contribution in [0, 0.1) is 13.8 Å². The number of urea groups is 1. The van der Waals surface area contributed by atoms with Crippen molar-refractivity contribution in [2.75, 3.05) is 19.0 Å². The SMILES string of the molecule is COC(=O)C1c2ccsc2CCN1C(=O)Nc1ccc(C)c(C)c1. The maximum atomic E-state index is 12.7. The van der Waals surface area contributed by atoms with Crippen molar-refractivity contribution in [1.29, 1.82) is 0 Å². The highest BCUT2D eigenvalue weighted by Crippen LogP contribution is 2.34. The van der Waals surface area contributed by atoms with Crippen molar-refractivity contribution < 1.29 is 14.3 Å². The van der Waals surface area contributed by atoms with E-state index in [4.69, 9.17) is 4.74 Å². The lowest BCUT2D eigenvalue weighted by atomic mass is 10.0. The van der Waals surface area contributed by atoms with Crippen LogP contribution in [-0.4, -0.2) is 30.6 Å². The summed E-state index contributed by atoms with van der Waals surface area (Å²) in [5, 5.41) is 4.84. The number of ether oxygens (including phenoxy) is 1. The Bertz CT molecular complexity index is 784. The fourth-order valence-corrected chi connectivity index (χ4v) is 3.82. The lowest BCUT2D eigenvalue weighted by Crippen LogP contribution is -2.45. The van der Waals surface area contributed by atoms with Crippen molar-refractivity contribution >= 4 is 29.0 Å². The predicted octanol–water partition coefficient (Wildman–Crippen LogP) is 3.67. The van der Waals surface area contributed by atoms with Gasteiger partial charge in [0.1, 0.15) is 0 Å². The standard InChI is InChI=1S/C18H20N2O3S/c1-11-4-5-13(10-12(11)2)19-18(22)20-8-6-15-14(7-9-24-15)16(20)17(21)23-3/h4-5,7,9-10,16H,6,8H2,1-3H3,(H,19,22). The molecule has 0 bridgehead atoms. The van der Waals surface area contributed by atoms with Gasteiger partial charge in [-0.2, -0.15) is 0 Å². The first-order valence-electron chi connectivity index (χ1n) is 7.80. The Morgan fingerprint density at radius 1 is 1.25 bits per heavy atom. The molecule has 0 saturated carbocycles. The molecular formula is C18H20N2O3S. The number of aryl methyl sites for hydroxylation is 2. The third kappa shape index (κ3) is 3.01. The van der Waals surface area contributed by atoms with E-state index in [1.807, 2.05) is 43.5 Å². The van der Waals surface area contributed by atoms with Crippen LogP contribution in [0.15, 0.2) is 29.6 Å². The van der Waals surface area contributed by atoms with E-state index in [2.05, 4.69) is 5.32 Å². The van der Waals surface area contributed by atoms with Crippen LogP contribution in [0.25, 0.3) is 0 Å². The molecule has 1 aliphatic heterocycles. The molecular weight excluding hydrogens is 324 g/mol. The Hall–Kier alpha value is -2.34. The van der Waals surface area contributed by atoms with E-state index in [1.54, 1.807) is 16.2 Å². The molecule has 1 N–H and O–H groups in total. The number of fused-ring (bicyclic) bond motifs is 1. The van der Waals surface area contributed by atoms with Crippen LogP contribution in [0.2, 0.25) is 0 Å². The number of carbonyl (C=O) groups is 2. The van der Waals surface area contributed by atoms with Gasteiger partial charge in [0.05, 0.1) is 7.11 Å². The minimum absolute atomic E-state index is 0.287. The number of amides is 2. The lowest BCUT2D eigenvalue weighted by molar-refractivity contribution is -0.146. The second-order valence-corrected chi connectivity index (χ2v) is 6.90. The van der Waals surface area contributed by atoms with E-state index in [9.17, 15) is 9.59 Å². The van der Waals surface area contributed by atoms with Gasteiger partial charge in [-0.1, -0.05) is 6.07 Å². The molecule has 1 atom stereocenters. The molecule has 5 nitrogen and oxygen atoms in total. The first kappa shape index (κ1) is 16.5. The number of rotatable bonds is 2. The second kappa shape index (κ2) is 6.65. The molecule has 0 radical (unpaired) electrons. The molecule has 0 saturated heterocycles. The van der Waals surface area contributed by atoms with Crippen molar-refractivity contribution in [3.05, 3.63) is 51.2 Å². The fraction of sp³-hybridized carbons (Fsp3) is 0.333. The van der Waals surface area contributed by atoms with Crippen molar-refractivity contribution in [3.63, 3.8) is 0 Å². The predicted molar refractivity (Wildman–Crippen MR) is 94.4 cm³/mol. The molecule has 1 aromatic heterocycles. The molecule has 2 aromatic rings. The number of nitrogens with one attached hydrogen (secondary N) is 1. The van der Waals surface area contributed by atoms with Gasteiger partial charge in [0.15, 0.2) is 6.04 Å². The summed E-state index contributed by atoms with van der Waals surface area (Å²) in [5.41, 5.74) is 3.87. The lowest BCUT2D eigenvalue weighted by Gasteiger charge is -2.33. The highest BCUT2D eigenvalue weighted by atomic mass is 32.1. The van der Waals surface area contributed by atoms with E-state index in [-0.39, 0.29) is 6.03 Å². The zero-order chi connectivity index (χ0) is 17.3. The third-order valence-corrected chi connectivity index (χ3v) is 5.41. The van der Waals surface area contributed by atoms with Gasteiger partial charge in [-0.15, -0.1) is 11.3 Å². The zero-order valence-corrected chi connectivity index (χ0v) is 14.8. The van der Waals surface area contributed by atoms with Crippen molar-refractivity contribution in [3.8, 4) is 0 Å². The summed E-state index contributed by atoms with van der Waals surface area (Å²) in [6, 6.07) is 6.70. The summed E-state index contributed by atoms with van der Waals surface area (Å²) < 4.78 is 4.93. The van der Waals surface area contributed by atoms with E-state index in [0.717, 1.165) is 28.1 Å². The highest BCUT2D eigenvalue weighted by Gasteiger charge is 2.37. The van der Waals surface area contributed by atoms with Crippen LogP contribution in [-0.2, 0) is 16.0 Å². The largest absolute Gasteiger partial charge is 0.467 e. The van der Waals surface area contributed by atoms with Gasteiger partial charge in [0, 0.05) is 17.1 Å². The molecule has 2 amide bonds. The molecule has 0 aliphatic carbocycles. The normalized spacial score (nSPS) is 16.5. The maximum absolute atomic E-state index is 12.7. The topological polar surface area (TPSA) is 58.6 Å². The summed E-state index contributed by atoms with van der Waals surface area (Å²) in [6.45, 7) is 4.52. The average molecular weight is 344 g/mol. The molecule has 1 aromatic carbocycles. The summed E-state index contributed by atoms with van der Waals surface area (Å²) in [5.74, 6) is -0.412. The Morgan fingerprint density at radius 3 is 2.75 bits per heavy atom. The summed E-state index contributed by atoms with van der Waals surface area (Å²) in [4.78, 5) is 27.7. The number of methoxy groups -OCH3 is 1. The number of carbonyl (C=O) groups excluding carboxylic acids is 2. The first-order valence-corrected chi connectivity index (χ1v) is 8.68. The Kier molecular flexibility index (Phi) is 4.57. The Labute approximate surface area is 145 Å². The van der Waals surface area contributed by atoms with E-state index < -0.39 is 12.0 Å². The van der Waals surface area contributed by atoms with Gasteiger partial charge >= 0.3 is 12.0 Å². The molecule has 1 aliphatic rings. The fourth-order valence-electron chi connectivity index (χ4n) is 2.92. The average Bonchev–Trinajstić information content (AvgIpc) is 3.05. The Morgan fingerprint density at radius 2 is 2.04 bits per heavy atom. The minimum atomic E-state index is -0.684. The van der Waals surface area contributed by atoms with Crippen molar-refractivity contribution in [1.82, 2.24) is 4.90 Å². The molecule has 6 heteroatoms. The molecule has 24 heavy (non-hydrogen) atoms. The zero-order valence-electron chi connectivity index (χ0n) is 14.0. The minimum Gasteiger partial charge on any atom is -0.467 e. The van der Waals surface area contributed by atoms with Crippen LogP contribution >= 0.6 is 11.3 Å². The molecule has 126 valence electrons. The third-order valence-electron chi connectivity index (χ3n) is 4.41. The van der Waals surface area contributed by atoms with E-state index in [1.165, 1.54) is 12.7 Å². The number of thiophene rings is 1. The quantitative estimate of drug-likeness (QED) is 0.846. The first-order chi connectivity index (χ1) is 11.5. The van der Waals surface area contributed by atoms with Crippen molar-refractivity contribution in [2.24, 2.45) is 0 Å². The molecule has 0 spiro atoms. The summed E-state index contributed by atoms with van der Waals surface area (Å²) >= 11 is 1.61. The molecule has 3 rings (SSSR count). The molecule has 2 heterocycles. The van der Waals surface area contributed by atoms with Crippen molar-refractivity contribution in [2.45, 2.75) is 26.3 Å². The summed E-state index contributed by atoms with van der Waals surface area (Å²) in [6.07, 6.45) is 0.751. The van der Waals surface area contributed by atoms with Gasteiger partial charge in [-0.25, -0.2) is 9.59 Å². The number of benzene rings is 1. The number of anilines is 1. The van der Waals surface area contributed by atoms with Gasteiger partial charge in [0.2, 0.25) is 0 Å². The number of hydrogen-bond acceptors (Lipinski definition) is 4. The Balaban J connectivity index is 1.85. The smallest absolute Gasteiger partial charge is 0.333 e. The molecule has 1 unspecified atom stereocenters. The van der Waals surface area contributed by atoms with E-state index in [0.29, 0.717) is 6.54 Å². The van der Waals surface area contributed by atoms with Gasteiger partial charge < -0.3 is 15.0 Å². The molecule has 0 fully saturated rings. The van der Waals surface area contributed by atoms with Gasteiger partial charge in [-0.3, -0.25) is 0 Å². The van der Waals surface area contributed by atoms with Crippen LogP contribution in [0.3, 0.4) is 0 Å². The van der Waals surface area contributed by atoms with Crippen LogP contribution in [0.1, 0.15) is 27.6 Å². The highest BCUT2D eigenvalue weighted by molar-refractivity contribution is 7.10. The van der Waals surface area contributed by atoms with Gasteiger partial charge in [-0.05, 0) is 60.5 Å². The maximum Gasteiger partial charge on any atom is 0.333 e. The number of hydrogen-bond donors (Lipinski definition) is 1. The van der Waals surface area contributed by atoms with Crippen LogP contribution in [0.5, 0.6) is 0 Å². The van der Waals surface area contributed by atoms with Crippen LogP contribution < -0.4 is 5.32 Å². The second-order valence-electron chi connectivity index (χ2n) is 5.90. The summed E-state index contributed by atoms with van der Waals surface area (Å²) in [7, 11) is 1.35. The number of nitrogens with zero attached hydrogens (tertiary/aromatic N) is 1. The monoisotopic (exact) mass is 344 g/mol. The number of esters is 1.